The maximum Gasteiger partial charge on any atom is 0.261 e. The topological polar surface area (TPSA) is 53.4 Å². The monoisotopic (exact) mass is 320 g/mol. The fourth-order valence-electron chi connectivity index (χ4n) is 2.95. The van der Waals surface area contributed by atoms with E-state index in [1.165, 1.54) is 0 Å². The van der Waals surface area contributed by atoms with E-state index in [4.69, 9.17) is 0 Å². The summed E-state index contributed by atoms with van der Waals surface area (Å²) in [7, 11) is 1.71. The smallest absolute Gasteiger partial charge is 0.261 e. The van der Waals surface area contributed by atoms with E-state index < -0.39 is 11.1 Å². The van der Waals surface area contributed by atoms with Gasteiger partial charge in [0.05, 0.1) is 5.69 Å². The number of aliphatic hydroxyl groups is 1. The average Bonchev–Trinajstić information content (AvgIpc) is 2.74. The van der Waals surface area contributed by atoms with E-state index in [2.05, 4.69) is 16.8 Å². The van der Waals surface area contributed by atoms with Gasteiger partial charge in [-0.2, -0.15) is 0 Å². The molecule has 0 radical (unpaired) electrons. The van der Waals surface area contributed by atoms with Crippen LogP contribution in [0.4, 0.5) is 0 Å². The van der Waals surface area contributed by atoms with Crippen LogP contribution in [0.3, 0.4) is 0 Å². The van der Waals surface area contributed by atoms with Gasteiger partial charge >= 0.3 is 0 Å². The van der Waals surface area contributed by atoms with Crippen LogP contribution < -0.4 is 0 Å². The normalized spacial score (nSPS) is 22.2. The molecule has 1 aromatic carbocycles. The predicted molar refractivity (Wildman–Crippen MR) is 92.0 cm³/mol. The van der Waals surface area contributed by atoms with Gasteiger partial charge in [0.1, 0.15) is 0 Å². The lowest BCUT2D eigenvalue weighted by Crippen LogP contribution is -2.39. The number of likely N-dealkylation sites (N-methyl/N-ethyl adjacent to an activating group) is 1. The van der Waals surface area contributed by atoms with Gasteiger partial charge in [-0.3, -0.25) is 9.78 Å². The summed E-state index contributed by atoms with van der Waals surface area (Å²) < 4.78 is 0. The summed E-state index contributed by atoms with van der Waals surface area (Å²) in [5.41, 5.74) is 0.0668. The highest BCUT2D eigenvalue weighted by Gasteiger charge is 2.54. The van der Waals surface area contributed by atoms with E-state index in [0.717, 1.165) is 11.1 Å². The molecule has 3 rings (SSSR count). The van der Waals surface area contributed by atoms with Crippen LogP contribution in [0.5, 0.6) is 0 Å². The number of carbonyl (C=O) groups excluding carboxylic acids is 1. The molecule has 2 heterocycles. The zero-order valence-corrected chi connectivity index (χ0v) is 14.1. The molecular formula is C20H20N2O2. The Balaban J connectivity index is 1.86. The van der Waals surface area contributed by atoms with E-state index in [9.17, 15) is 9.90 Å². The number of likely N-dealkylation sites (tertiary alicyclic amines) is 1. The second-order valence-corrected chi connectivity index (χ2v) is 6.76. The van der Waals surface area contributed by atoms with Crippen molar-refractivity contribution in [1.29, 1.82) is 0 Å². The van der Waals surface area contributed by atoms with Crippen LogP contribution in [-0.2, 0) is 10.4 Å². The SMILES string of the molecule is CN1C(=O)C(O)(c2ccc(C#Cc3ccccc3)cn2)CC1(C)C. The molecule has 24 heavy (non-hydrogen) atoms. The molecule has 0 spiro atoms. The van der Waals surface area contributed by atoms with Gasteiger partial charge in [0.2, 0.25) is 0 Å². The summed E-state index contributed by atoms with van der Waals surface area (Å²) in [4.78, 5) is 18.3. The lowest BCUT2D eigenvalue weighted by atomic mass is 9.89. The molecule has 1 atom stereocenters. The summed E-state index contributed by atoms with van der Waals surface area (Å²) in [5, 5.41) is 10.8. The number of pyridine rings is 1. The Morgan fingerprint density at radius 3 is 2.29 bits per heavy atom. The minimum atomic E-state index is -1.57. The molecule has 0 saturated carbocycles. The van der Waals surface area contributed by atoms with Crippen LogP contribution in [0, 0.1) is 11.8 Å². The average molecular weight is 320 g/mol. The van der Waals surface area contributed by atoms with E-state index in [1.54, 1.807) is 30.3 Å². The summed E-state index contributed by atoms with van der Waals surface area (Å²) >= 11 is 0. The fourth-order valence-corrected chi connectivity index (χ4v) is 2.95. The lowest BCUT2D eigenvalue weighted by Gasteiger charge is -2.26. The van der Waals surface area contributed by atoms with Gasteiger partial charge in [0.15, 0.2) is 5.60 Å². The van der Waals surface area contributed by atoms with E-state index in [0.29, 0.717) is 12.1 Å². The third-order valence-corrected chi connectivity index (χ3v) is 4.57. The number of benzene rings is 1. The molecule has 1 fully saturated rings. The van der Waals surface area contributed by atoms with Gasteiger partial charge in [-0.05, 0) is 38.1 Å². The number of carbonyl (C=O) groups is 1. The molecule has 4 nitrogen and oxygen atoms in total. The van der Waals surface area contributed by atoms with E-state index >= 15 is 0 Å². The number of nitrogens with zero attached hydrogens (tertiary/aromatic N) is 2. The van der Waals surface area contributed by atoms with Crippen molar-refractivity contribution in [2.24, 2.45) is 0 Å². The van der Waals surface area contributed by atoms with Crippen molar-refractivity contribution < 1.29 is 9.90 Å². The van der Waals surface area contributed by atoms with Crippen molar-refractivity contribution in [2.45, 2.75) is 31.4 Å². The van der Waals surface area contributed by atoms with Crippen molar-refractivity contribution in [1.82, 2.24) is 9.88 Å². The third kappa shape index (κ3) is 2.79. The highest BCUT2D eigenvalue weighted by molar-refractivity contribution is 5.89. The number of hydrogen-bond donors (Lipinski definition) is 1. The first-order valence-corrected chi connectivity index (χ1v) is 7.87. The highest BCUT2D eigenvalue weighted by atomic mass is 16.3. The Morgan fingerprint density at radius 2 is 1.75 bits per heavy atom. The minimum Gasteiger partial charge on any atom is -0.374 e. The van der Waals surface area contributed by atoms with Crippen molar-refractivity contribution in [3.05, 3.63) is 65.5 Å². The Labute approximate surface area is 142 Å². The maximum atomic E-state index is 12.4. The summed E-state index contributed by atoms with van der Waals surface area (Å²) in [6.07, 6.45) is 1.92. The molecule has 1 saturated heterocycles. The van der Waals surface area contributed by atoms with Gasteiger partial charge in [-0.1, -0.05) is 30.0 Å². The first-order valence-electron chi connectivity index (χ1n) is 7.87. The molecule has 1 N–H and O–H groups in total. The second kappa shape index (κ2) is 5.77. The number of hydrogen-bond acceptors (Lipinski definition) is 3. The van der Waals surface area contributed by atoms with Gasteiger partial charge < -0.3 is 10.0 Å². The highest BCUT2D eigenvalue weighted by Crippen LogP contribution is 2.41. The summed E-state index contributed by atoms with van der Waals surface area (Å²) in [5.74, 6) is 5.78. The quantitative estimate of drug-likeness (QED) is 0.821. The Hall–Kier alpha value is -2.64. The Bertz CT molecular complexity index is 816. The first kappa shape index (κ1) is 16.2. The molecular weight excluding hydrogens is 300 g/mol. The molecule has 4 heteroatoms. The lowest BCUT2D eigenvalue weighted by molar-refractivity contribution is -0.144. The molecule has 0 bridgehead atoms. The van der Waals surface area contributed by atoms with Crippen LogP contribution in [-0.4, -0.2) is 33.5 Å². The van der Waals surface area contributed by atoms with Crippen molar-refractivity contribution in [3.63, 3.8) is 0 Å². The number of aromatic nitrogens is 1. The maximum absolute atomic E-state index is 12.4. The van der Waals surface area contributed by atoms with Crippen LogP contribution in [0.15, 0.2) is 48.7 Å². The van der Waals surface area contributed by atoms with Gasteiger partial charge in [0, 0.05) is 36.3 Å². The largest absolute Gasteiger partial charge is 0.374 e. The van der Waals surface area contributed by atoms with Crippen LogP contribution in [0.1, 0.15) is 37.1 Å². The van der Waals surface area contributed by atoms with Gasteiger partial charge in [-0.25, -0.2) is 0 Å². The third-order valence-electron chi connectivity index (χ3n) is 4.57. The summed E-state index contributed by atoms with van der Waals surface area (Å²) in [6, 6.07) is 13.2. The predicted octanol–water partition coefficient (Wildman–Crippen LogP) is 2.31. The van der Waals surface area contributed by atoms with E-state index in [-0.39, 0.29) is 5.91 Å². The first-order chi connectivity index (χ1) is 11.3. The van der Waals surface area contributed by atoms with Crippen molar-refractivity contribution >= 4 is 5.91 Å². The zero-order valence-electron chi connectivity index (χ0n) is 14.1. The molecule has 2 aromatic rings. The Kier molecular flexibility index (Phi) is 3.90. The van der Waals surface area contributed by atoms with Crippen molar-refractivity contribution in [3.8, 4) is 11.8 Å². The molecule has 1 aliphatic rings. The second-order valence-electron chi connectivity index (χ2n) is 6.76. The minimum absolute atomic E-state index is 0.317. The van der Waals surface area contributed by atoms with Crippen LogP contribution >= 0.6 is 0 Å². The van der Waals surface area contributed by atoms with Gasteiger partial charge in [-0.15, -0.1) is 0 Å². The van der Waals surface area contributed by atoms with Crippen LogP contribution in [0.2, 0.25) is 0 Å². The fraction of sp³-hybridized carbons (Fsp3) is 0.300. The molecule has 1 aromatic heterocycles. The Morgan fingerprint density at radius 1 is 1.08 bits per heavy atom. The zero-order chi connectivity index (χ0) is 17.4. The molecule has 1 amide bonds. The summed E-state index contributed by atoms with van der Waals surface area (Å²) in [6.45, 7) is 3.87. The standard InChI is InChI=1S/C20H20N2O2/c1-19(2)14-20(24,18(23)22(19)3)17-12-11-16(13-21-17)10-9-15-7-5-4-6-8-15/h4-8,11-13,24H,14H2,1-3H3. The number of rotatable bonds is 1. The number of amides is 1. The van der Waals surface area contributed by atoms with Crippen molar-refractivity contribution in [2.75, 3.05) is 7.05 Å². The van der Waals surface area contributed by atoms with E-state index in [1.807, 2.05) is 44.2 Å². The molecule has 0 aliphatic carbocycles. The molecule has 122 valence electrons. The molecule has 1 aliphatic heterocycles. The van der Waals surface area contributed by atoms with Crippen LogP contribution in [0.25, 0.3) is 0 Å². The molecule has 1 unspecified atom stereocenters. The van der Waals surface area contributed by atoms with Gasteiger partial charge in [0.25, 0.3) is 5.91 Å².